The van der Waals surface area contributed by atoms with E-state index in [1.807, 2.05) is 0 Å². The molecule has 10 heteroatoms. The van der Waals surface area contributed by atoms with Gasteiger partial charge in [-0.25, -0.2) is 14.4 Å². The summed E-state index contributed by atoms with van der Waals surface area (Å²) in [5.74, 6) is -2.12. The van der Waals surface area contributed by atoms with Gasteiger partial charge >= 0.3 is 17.1 Å². The van der Waals surface area contributed by atoms with E-state index in [9.17, 15) is 22.4 Å². The Morgan fingerprint density at radius 3 is 2.21 bits per heavy atom. The number of hydrogen-bond acceptors (Lipinski definition) is 6. The smallest absolute Gasteiger partial charge is 0.446 e. The van der Waals surface area contributed by atoms with Crippen molar-refractivity contribution in [2.45, 2.75) is 49.4 Å². The van der Waals surface area contributed by atoms with E-state index in [1.165, 1.54) is 0 Å². The van der Waals surface area contributed by atoms with E-state index < -0.39 is 35.3 Å². The van der Waals surface area contributed by atoms with Crippen LogP contribution in [0.4, 0.5) is 17.6 Å². The summed E-state index contributed by atoms with van der Waals surface area (Å²) in [6.07, 6.45) is -3.23. The van der Waals surface area contributed by atoms with Crippen LogP contribution in [0.25, 0.3) is 0 Å². The molecule has 1 unspecified atom stereocenters. The van der Waals surface area contributed by atoms with Gasteiger partial charge in [-0.1, -0.05) is 11.5 Å². The first-order valence-corrected chi connectivity index (χ1v) is 6.18. The number of halogens is 4. The molecule has 0 bridgehead atoms. The van der Waals surface area contributed by atoms with Gasteiger partial charge in [-0.15, -0.1) is 4.33 Å². The van der Waals surface area contributed by atoms with Gasteiger partial charge in [0.05, 0.1) is 12.0 Å². The number of carbonyl (C=O) groups is 1. The molecular formula is C9H12F4O5S. The molecule has 1 N–H and O–H groups in total. The largest absolute Gasteiger partial charge is 0.459 e. The van der Waals surface area contributed by atoms with Crippen molar-refractivity contribution < 1.29 is 41.7 Å². The van der Waals surface area contributed by atoms with Gasteiger partial charge in [-0.3, -0.25) is 0 Å². The van der Waals surface area contributed by atoms with Crippen LogP contribution in [0.5, 0.6) is 0 Å². The van der Waals surface area contributed by atoms with E-state index in [0.29, 0.717) is 25.7 Å². The highest BCUT2D eigenvalue weighted by Crippen LogP contribution is 2.45. The number of alkyl halides is 4. The van der Waals surface area contributed by atoms with Crippen LogP contribution in [0.15, 0.2) is 0 Å². The molecule has 0 aromatic carbocycles. The van der Waals surface area contributed by atoms with Crippen molar-refractivity contribution in [3.63, 3.8) is 0 Å². The zero-order valence-electron chi connectivity index (χ0n) is 9.61. The molecule has 0 aliphatic heterocycles. The molecule has 19 heavy (non-hydrogen) atoms. The summed E-state index contributed by atoms with van der Waals surface area (Å²) in [5.41, 5.74) is 0. The molecule has 1 atom stereocenters. The lowest BCUT2D eigenvalue weighted by Crippen LogP contribution is -2.47. The monoisotopic (exact) mass is 308 g/mol. The average molecular weight is 308 g/mol. The van der Waals surface area contributed by atoms with Crippen molar-refractivity contribution in [3.8, 4) is 0 Å². The third-order valence-corrected chi connectivity index (χ3v) is 3.39. The molecule has 0 aromatic heterocycles. The fraction of sp³-hybridized carbons (Fsp3) is 0.889. The summed E-state index contributed by atoms with van der Waals surface area (Å²) < 4.78 is 59.2. The number of ether oxygens (including phenoxy) is 1. The van der Waals surface area contributed by atoms with Crippen molar-refractivity contribution in [2.75, 3.05) is 0 Å². The molecule has 0 radical (unpaired) electrons. The van der Waals surface area contributed by atoms with Crippen LogP contribution in [0.2, 0.25) is 0 Å². The zero-order chi connectivity index (χ0) is 14.5. The second-order valence-corrected chi connectivity index (χ2v) is 4.85. The summed E-state index contributed by atoms with van der Waals surface area (Å²) in [5, 5.41) is 6.21. The maximum absolute atomic E-state index is 13.7. The molecule has 0 amide bonds. The Hall–Kier alpha value is -0.580. The first-order chi connectivity index (χ1) is 8.81. The SMILES string of the molecule is O=C(OC1CCCCC1)C(F)(SOOO)C(F)(F)F. The standard InChI is InChI=1S/C9H12F4O5S/c10-8(9(11,12)13,19-18-17-15)7(14)16-6-4-2-1-3-5-6/h6,15H,1-5H2. The van der Waals surface area contributed by atoms with Gasteiger partial charge in [0.2, 0.25) is 0 Å². The summed E-state index contributed by atoms with van der Waals surface area (Å²) in [7, 11) is 0. The Bertz CT molecular complexity index is 307. The number of hydrogen-bond donors (Lipinski definition) is 1. The summed E-state index contributed by atoms with van der Waals surface area (Å²) in [4.78, 5) is 11.3. The number of carbonyl (C=O) groups excluding carboxylic acids is 1. The molecule has 1 saturated carbocycles. The van der Waals surface area contributed by atoms with Crippen LogP contribution >= 0.6 is 12.0 Å². The van der Waals surface area contributed by atoms with E-state index in [4.69, 9.17) is 5.26 Å². The molecule has 112 valence electrons. The Morgan fingerprint density at radius 2 is 1.74 bits per heavy atom. The third-order valence-electron chi connectivity index (χ3n) is 2.63. The highest BCUT2D eigenvalue weighted by Gasteiger charge is 2.66. The molecule has 0 saturated heterocycles. The Labute approximate surface area is 110 Å². The fourth-order valence-electron chi connectivity index (χ4n) is 1.67. The van der Waals surface area contributed by atoms with E-state index in [1.54, 1.807) is 0 Å². The summed E-state index contributed by atoms with van der Waals surface area (Å²) in [6, 6.07) is 0. The number of rotatable bonds is 5. The van der Waals surface area contributed by atoms with Gasteiger partial charge in [-0.2, -0.15) is 13.2 Å². The van der Waals surface area contributed by atoms with Crippen molar-refractivity contribution in [1.29, 1.82) is 0 Å². The Morgan fingerprint density at radius 1 is 1.16 bits per heavy atom. The maximum Gasteiger partial charge on any atom is 0.446 e. The minimum Gasteiger partial charge on any atom is -0.459 e. The molecule has 0 heterocycles. The highest BCUT2D eigenvalue weighted by molar-refractivity contribution is 7.96. The molecule has 1 aliphatic carbocycles. The van der Waals surface area contributed by atoms with E-state index in [-0.39, 0.29) is 0 Å². The predicted molar refractivity (Wildman–Crippen MR) is 55.2 cm³/mol. The molecule has 0 aromatic rings. The molecular weight excluding hydrogens is 296 g/mol. The van der Waals surface area contributed by atoms with E-state index in [0.717, 1.165) is 6.42 Å². The molecule has 1 rings (SSSR count). The molecule has 1 fully saturated rings. The van der Waals surface area contributed by atoms with Gasteiger partial charge in [0.15, 0.2) is 0 Å². The highest BCUT2D eigenvalue weighted by atomic mass is 32.2. The lowest BCUT2D eigenvalue weighted by atomic mass is 9.98. The van der Waals surface area contributed by atoms with Crippen LogP contribution in [-0.2, 0) is 18.9 Å². The van der Waals surface area contributed by atoms with Crippen molar-refractivity contribution in [1.82, 2.24) is 0 Å². The van der Waals surface area contributed by atoms with Crippen molar-refractivity contribution in [3.05, 3.63) is 0 Å². The fourth-order valence-corrected chi connectivity index (χ4v) is 2.00. The average Bonchev–Trinajstić information content (AvgIpc) is 2.35. The van der Waals surface area contributed by atoms with Crippen LogP contribution < -0.4 is 0 Å². The van der Waals surface area contributed by atoms with E-state index in [2.05, 4.69) is 14.1 Å². The quantitative estimate of drug-likeness (QED) is 0.277. The van der Waals surface area contributed by atoms with E-state index >= 15 is 0 Å². The second-order valence-electron chi connectivity index (χ2n) is 3.98. The molecule has 1 aliphatic rings. The van der Waals surface area contributed by atoms with Gasteiger partial charge in [0, 0.05) is 0 Å². The lowest BCUT2D eigenvalue weighted by molar-refractivity contribution is -0.433. The Balaban J connectivity index is 2.70. The number of esters is 1. The van der Waals surface area contributed by atoms with Crippen LogP contribution in [0, 0.1) is 0 Å². The lowest BCUT2D eigenvalue weighted by Gasteiger charge is -2.27. The van der Waals surface area contributed by atoms with Gasteiger partial charge in [0.25, 0.3) is 0 Å². The predicted octanol–water partition coefficient (Wildman–Crippen LogP) is 3.16. The first kappa shape index (κ1) is 16.5. The minimum atomic E-state index is -5.57. The summed E-state index contributed by atoms with van der Waals surface area (Å²) >= 11 is -1.01. The second kappa shape index (κ2) is 6.73. The van der Waals surface area contributed by atoms with Crippen molar-refractivity contribution in [2.24, 2.45) is 0 Å². The summed E-state index contributed by atoms with van der Waals surface area (Å²) in [6.45, 7) is 0. The first-order valence-electron chi connectivity index (χ1n) is 5.44. The maximum atomic E-state index is 13.7. The van der Waals surface area contributed by atoms with Crippen LogP contribution in [0.1, 0.15) is 32.1 Å². The normalized spacial score (nSPS) is 20.9. The van der Waals surface area contributed by atoms with Crippen molar-refractivity contribution >= 4 is 18.0 Å². The van der Waals surface area contributed by atoms with Gasteiger partial charge in [-0.05, 0) is 25.7 Å². The Kier molecular flexibility index (Phi) is 5.83. The van der Waals surface area contributed by atoms with Gasteiger partial charge in [0.1, 0.15) is 6.10 Å². The minimum absolute atomic E-state index is 0.391. The zero-order valence-corrected chi connectivity index (χ0v) is 10.4. The molecule has 0 spiro atoms. The van der Waals surface area contributed by atoms with Gasteiger partial charge < -0.3 is 4.74 Å². The third kappa shape index (κ3) is 4.20. The molecule has 5 nitrogen and oxygen atoms in total. The van der Waals surface area contributed by atoms with Crippen LogP contribution in [-0.4, -0.2) is 28.5 Å². The topological polar surface area (TPSA) is 65.0 Å². The van der Waals surface area contributed by atoms with Crippen LogP contribution in [0.3, 0.4) is 0 Å².